The highest BCUT2D eigenvalue weighted by Gasteiger charge is 2.13. The van der Waals surface area contributed by atoms with Crippen LogP contribution in [0.2, 0.25) is 0 Å². The van der Waals surface area contributed by atoms with E-state index in [-0.39, 0.29) is 5.56 Å². The maximum atomic E-state index is 12.4. The maximum absolute atomic E-state index is 12.4. The molecule has 0 unspecified atom stereocenters. The Morgan fingerprint density at radius 2 is 1.88 bits per heavy atom. The van der Waals surface area contributed by atoms with Gasteiger partial charge in [0, 0.05) is 63.1 Å². The number of hydrogen-bond donors (Lipinski definition) is 2. The van der Waals surface area contributed by atoms with Gasteiger partial charge in [-0.05, 0) is 62.6 Å². The average molecular weight is 562 g/mol. The van der Waals surface area contributed by atoms with Gasteiger partial charge in [0.1, 0.15) is 5.75 Å². The van der Waals surface area contributed by atoms with E-state index in [1.165, 1.54) is 0 Å². The van der Waals surface area contributed by atoms with Gasteiger partial charge in [0.2, 0.25) is 0 Å². The zero-order valence-corrected chi connectivity index (χ0v) is 24.2. The lowest BCUT2D eigenvalue weighted by molar-refractivity contribution is 0.0358. The molecular formula is C31H39N5O5. The SMILES string of the molecule is CCOC.Cc1ccc(OCCCN2CCOCC2)cc1Nc1ncc(-c2ccnc(-c3c(C)cc[nH]c3=O)c2)o1. The third-order valence-corrected chi connectivity index (χ3v) is 6.71. The Bertz CT molecular complexity index is 1440. The number of anilines is 2. The number of pyridine rings is 2. The van der Waals surface area contributed by atoms with Crippen LogP contribution in [0.1, 0.15) is 24.5 Å². The second-order valence-electron chi connectivity index (χ2n) is 9.66. The first-order valence-electron chi connectivity index (χ1n) is 13.9. The van der Waals surface area contributed by atoms with Gasteiger partial charge < -0.3 is 28.9 Å². The van der Waals surface area contributed by atoms with Gasteiger partial charge in [-0.2, -0.15) is 0 Å². The van der Waals surface area contributed by atoms with Crippen LogP contribution in [0.15, 0.2) is 64.2 Å². The van der Waals surface area contributed by atoms with Crippen molar-refractivity contribution in [2.75, 3.05) is 58.5 Å². The molecule has 0 amide bonds. The van der Waals surface area contributed by atoms with Crippen molar-refractivity contribution in [1.29, 1.82) is 0 Å². The second kappa shape index (κ2) is 15.1. The van der Waals surface area contributed by atoms with E-state index < -0.39 is 0 Å². The number of nitrogens with one attached hydrogen (secondary N) is 2. The zero-order chi connectivity index (χ0) is 29.0. The summed E-state index contributed by atoms with van der Waals surface area (Å²) in [5.41, 5.74) is 4.49. The number of nitrogens with zero attached hydrogens (tertiary/aromatic N) is 3. The van der Waals surface area contributed by atoms with E-state index in [1.54, 1.807) is 25.7 Å². The number of aromatic amines is 1. The number of aromatic nitrogens is 3. The zero-order valence-electron chi connectivity index (χ0n) is 24.2. The van der Waals surface area contributed by atoms with Crippen LogP contribution in [0.4, 0.5) is 11.7 Å². The van der Waals surface area contributed by atoms with Crippen LogP contribution >= 0.6 is 0 Å². The molecule has 10 heteroatoms. The van der Waals surface area contributed by atoms with Crippen LogP contribution in [-0.4, -0.2) is 73.0 Å². The van der Waals surface area contributed by atoms with Crippen molar-refractivity contribution in [3.8, 4) is 28.3 Å². The minimum absolute atomic E-state index is 0.178. The number of rotatable bonds is 10. The van der Waals surface area contributed by atoms with Crippen LogP contribution in [0.5, 0.6) is 5.75 Å². The van der Waals surface area contributed by atoms with Gasteiger partial charge in [0.15, 0.2) is 5.76 Å². The first-order valence-corrected chi connectivity index (χ1v) is 13.9. The largest absolute Gasteiger partial charge is 0.493 e. The quantitative estimate of drug-likeness (QED) is 0.252. The molecule has 0 aliphatic carbocycles. The summed E-state index contributed by atoms with van der Waals surface area (Å²) in [5, 5.41) is 3.26. The molecule has 41 heavy (non-hydrogen) atoms. The first kappa shape index (κ1) is 30.0. The predicted molar refractivity (Wildman–Crippen MR) is 160 cm³/mol. The summed E-state index contributed by atoms with van der Waals surface area (Å²) in [7, 11) is 1.68. The van der Waals surface area contributed by atoms with E-state index in [2.05, 4.69) is 29.9 Å². The lowest BCUT2D eigenvalue weighted by Crippen LogP contribution is -2.37. The standard InChI is InChI=1S/C28H31N5O4.C3H8O/c1-19-4-5-22(36-13-3-10-33-11-14-35-15-12-33)17-23(19)32-28-31-18-25(37-28)21-7-9-29-24(16-21)26-20(2)6-8-30-27(26)34;1-3-4-2/h4-9,16-18H,3,10-15H2,1-2H3,(H,30,34)(H,31,32);3H2,1-2H3. The van der Waals surface area contributed by atoms with Crippen LogP contribution in [-0.2, 0) is 9.47 Å². The summed E-state index contributed by atoms with van der Waals surface area (Å²) >= 11 is 0. The van der Waals surface area contributed by atoms with Crippen molar-refractivity contribution < 1.29 is 18.6 Å². The molecule has 4 heterocycles. The number of methoxy groups -OCH3 is 1. The molecule has 1 fully saturated rings. The molecule has 0 saturated carbocycles. The highest BCUT2D eigenvalue weighted by atomic mass is 16.5. The molecular weight excluding hydrogens is 522 g/mol. The molecule has 3 aromatic heterocycles. The summed E-state index contributed by atoms with van der Waals surface area (Å²) in [5.74, 6) is 1.37. The van der Waals surface area contributed by atoms with E-state index in [0.29, 0.717) is 29.6 Å². The van der Waals surface area contributed by atoms with Gasteiger partial charge in [0.05, 0.1) is 37.3 Å². The number of H-pyrrole nitrogens is 1. The van der Waals surface area contributed by atoms with Crippen molar-refractivity contribution in [1.82, 2.24) is 19.9 Å². The molecule has 1 aliphatic rings. The van der Waals surface area contributed by atoms with Gasteiger partial charge in [-0.15, -0.1) is 0 Å². The highest BCUT2D eigenvalue weighted by molar-refractivity contribution is 5.69. The van der Waals surface area contributed by atoms with Crippen molar-refractivity contribution >= 4 is 11.7 Å². The number of aryl methyl sites for hydroxylation is 2. The molecule has 1 aromatic carbocycles. The van der Waals surface area contributed by atoms with E-state index in [4.69, 9.17) is 13.9 Å². The summed E-state index contributed by atoms with van der Waals surface area (Å²) in [6.45, 7) is 11.9. The Hall–Kier alpha value is -3.99. The molecule has 218 valence electrons. The van der Waals surface area contributed by atoms with E-state index >= 15 is 0 Å². The fourth-order valence-electron chi connectivity index (χ4n) is 4.32. The molecule has 1 saturated heterocycles. The van der Waals surface area contributed by atoms with Crippen molar-refractivity contribution in [2.24, 2.45) is 0 Å². The topological polar surface area (TPSA) is 115 Å². The van der Waals surface area contributed by atoms with Gasteiger partial charge >= 0.3 is 0 Å². The van der Waals surface area contributed by atoms with Crippen LogP contribution in [0.25, 0.3) is 22.6 Å². The summed E-state index contributed by atoms with van der Waals surface area (Å²) < 4.78 is 21.9. The summed E-state index contributed by atoms with van der Waals surface area (Å²) in [6.07, 6.45) is 5.91. The Morgan fingerprint density at radius 1 is 1.07 bits per heavy atom. The molecule has 0 spiro atoms. The fraction of sp³-hybridized carbons (Fsp3) is 0.387. The molecule has 0 bridgehead atoms. The average Bonchev–Trinajstić information content (AvgIpc) is 3.46. The van der Waals surface area contributed by atoms with Gasteiger partial charge in [0.25, 0.3) is 11.6 Å². The lowest BCUT2D eigenvalue weighted by Gasteiger charge is -2.26. The maximum Gasteiger partial charge on any atom is 0.299 e. The van der Waals surface area contributed by atoms with E-state index in [9.17, 15) is 4.79 Å². The minimum Gasteiger partial charge on any atom is -0.493 e. The molecule has 2 N–H and O–H groups in total. The highest BCUT2D eigenvalue weighted by Crippen LogP contribution is 2.29. The monoisotopic (exact) mass is 561 g/mol. The fourth-order valence-corrected chi connectivity index (χ4v) is 4.32. The Kier molecular flexibility index (Phi) is 11.1. The molecule has 0 radical (unpaired) electrons. The van der Waals surface area contributed by atoms with Crippen molar-refractivity contribution in [2.45, 2.75) is 27.2 Å². The summed E-state index contributed by atoms with van der Waals surface area (Å²) in [4.78, 5) is 26.3. The molecule has 10 nitrogen and oxygen atoms in total. The first-order chi connectivity index (χ1) is 20.0. The molecule has 0 atom stereocenters. The Balaban J connectivity index is 0.000000909. The summed E-state index contributed by atoms with van der Waals surface area (Å²) in [6, 6.07) is 11.8. The van der Waals surface area contributed by atoms with Crippen molar-refractivity contribution in [3.05, 3.63) is 76.5 Å². The number of benzene rings is 1. The molecule has 1 aliphatic heterocycles. The van der Waals surface area contributed by atoms with Crippen LogP contribution in [0, 0.1) is 13.8 Å². The number of morpholine rings is 1. The number of hydrogen-bond acceptors (Lipinski definition) is 9. The third-order valence-electron chi connectivity index (χ3n) is 6.71. The van der Waals surface area contributed by atoms with Gasteiger partial charge in [-0.25, -0.2) is 4.98 Å². The Morgan fingerprint density at radius 3 is 2.63 bits per heavy atom. The van der Waals surface area contributed by atoms with Crippen LogP contribution in [0.3, 0.4) is 0 Å². The number of oxazole rings is 1. The van der Waals surface area contributed by atoms with Crippen LogP contribution < -0.4 is 15.6 Å². The minimum atomic E-state index is -0.178. The second-order valence-corrected chi connectivity index (χ2v) is 9.66. The Labute approximate surface area is 240 Å². The van der Waals surface area contributed by atoms with E-state index in [1.807, 2.05) is 57.2 Å². The normalized spacial score (nSPS) is 13.4. The third kappa shape index (κ3) is 8.50. The number of ether oxygens (including phenoxy) is 3. The predicted octanol–water partition coefficient (Wildman–Crippen LogP) is 5.21. The van der Waals surface area contributed by atoms with Crippen molar-refractivity contribution in [3.63, 3.8) is 0 Å². The molecule has 4 aromatic rings. The smallest absolute Gasteiger partial charge is 0.299 e. The van der Waals surface area contributed by atoms with E-state index in [0.717, 1.165) is 74.0 Å². The van der Waals surface area contributed by atoms with Gasteiger partial charge in [-0.1, -0.05) is 6.07 Å². The molecule has 5 rings (SSSR count). The lowest BCUT2D eigenvalue weighted by atomic mass is 10.1. The van der Waals surface area contributed by atoms with Gasteiger partial charge in [-0.3, -0.25) is 14.7 Å².